The molecule has 0 saturated carbocycles. The second kappa shape index (κ2) is 7.53. The number of benzene rings is 1. The van der Waals surface area contributed by atoms with Crippen molar-refractivity contribution >= 4 is 27.6 Å². The summed E-state index contributed by atoms with van der Waals surface area (Å²) >= 11 is 3.37. The van der Waals surface area contributed by atoms with Crippen LogP contribution in [-0.4, -0.2) is 17.1 Å². The Morgan fingerprint density at radius 1 is 1.32 bits per heavy atom. The highest BCUT2D eigenvalue weighted by Crippen LogP contribution is 2.23. The summed E-state index contributed by atoms with van der Waals surface area (Å²) in [5.74, 6) is -0.183. The molecule has 1 unspecified atom stereocenters. The largest absolute Gasteiger partial charge is 0.478 e. The van der Waals surface area contributed by atoms with Crippen LogP contribution in [0.2, 0.25) is 0 Å². The molecular formula is C15H22BrNO2. The van der Waals surface area contributed by atoms with E-state index in [-0.39, 0.29) is 6.04 Å². The quantitative estimate of drug-likeness (QED) is 0.758. The van der Waals surface area contributed by atoms with Gasteiger partial charge in [0.1, 0.15) is 0 Å². The molecule has 0 radical (unpaired) electrons. The Hall–Kier alpha value is -1.03. The second-order valence-corrected chi connectivity index (χ2v) is 6.28. The average molecular weight is 328 g/mol. The van der Waals surface area contributed by atoms with E-state index in [4.69, 9.17) is 5.11 Å². The summed E-state index contributed by atoms with van der Waals surface area (Å²) < 4.78 is 0.884. The van der Waals surface area contributed by atoms with Gasteiger partial charge in [-0.05, 0) is 37.5 Å². The van der Waals surface area contributed by atoms with Gasteiger partial charge in [-0.2, -0.15) is 0 Å². The number of carboxylic acids is 1. The molecule has 0 aliphatic rings. The molecule has 0 aliphatic heterocycles. The minimum Gasteiger partial charge on any atom is -0.478 e. The Morgan fingerprint density at radius 3 is 2.58 bits per heavy atom. The van der Waals surface area contributed by atoms with Gasteiger partial charge in [0.05, 0.1) is 11.3 Å². The number of nitrogens with one attached hydrogen (secondary N) is 1. The molecule has 106 valence electrons. The van der Waals surface area contributed by atoms with Gasteiger partial charge < -0.3 is 10.4 Å². The molecule has 1 rings (SSSR count). The first kappa shape index (κ1) is 16.0. The van der Waals surface area contributed by atoms with Crippen molar-refractivity contribution in [3.8, 4) is 0 Å². The van der Waals surface area contributed by atoms with Crippen LogP contribution < -0.4 is 5.32 Å². The van der Waals surface area contributed by atoms with Gasteiger partial charge in [-0.15, -0.1) is 0 Å². The number of carboxylic acid groups (broad SMARTS) is 1. The fourth-order valence-electron chi connectivity index (χ4n) is 1.99. The predicted molar refractivity (Wildman–Crippen MR) is 82.9 cm³/mol. The van der Waals surface area contributed by atoms with Crippen LogP contribution in [0.15, 0.2) is 22.7 Å². The molecule has 0 spiro atoms. The van der Waals surface area contributed by atoms with Gasteiger partial charge in [0, 0.05) is 10.5 Å². The van der Waals surface area contributed by atoms with Gasteiger partial charge in [0.15, 0.2) is 0 Å². The van der Waals surface area contributed by atoms with Crippen molar-refractivity contribution in [1.82, 2.24) is 0 Å². The van der Waals surface area contributed by atoms with Gasteiger partial charge in [-0.25, -0.2) is 4.79 Å². The Morgan fingerprint density at radius 2 is 2.00 bits per heavy atom. The SMILES string of the molecule is CC(C)CCCC(C)Nc1cc(Br)ccc1C(=O)O. The van der Waals surface area contributed by atoms with Crippen molar-refractivity contribution in [2.24, 2.45) is 5.92 Å². The third kappa shape index (κ3) is 5.64. The van der Waals surface area contributed by atoms with Gasteiger partial charge in [0.2, 0.25) is 0 Å². The lowest BCUT2D eigenvalue weighted by atomic mass is 10.0. The maximum Gasteiger partial charge on any atom is 0.337 e. The highest BCUT2D eigenvalue weighted by Gasteiger charge is 2.12. The van der Waals surface area contributed by atoms with E-state index in [0.29, 0.717) is 17.2 Å². The van der Waals surface area contributed by atoms with Crippen LogP contribution >= 0.6 is 15.9 Å². The maximum atomic E-state index is 11.2. The van der Waals surface area contributed by atoms with E-state index in [1.165, 1.54) is 6.42 Å². The van der Waals surface area contributed by atoms with Crippen molar-refractivity contribution in [2.45, 2.75) is 46.1 Å². The molecule has 1 atom stereocenters. The number of anilines is 1. The molecule has 0 amide bonds. The van der Waals surface area contributed by atoms with Crippen molar-refractivity contribution in [2.75, 3.05) is 5.32 Å². The summed E-state index contributed by atoms with van der Waals surface area (Å²) in [6.07, 6.45) is 3.41. The number of hydrogen-bond donors (Lipinski definition) is 2. The summed E-state index contributed by atoms with van der Waals surface area (Å²) in [4.78, 5) is 11.2. The van der Waals surface area contributed by atoms with Crippen LogP contribution in [0.1, 0.15) is 50.4 Å². The summed E-state index contributed by atoms with van der Waals surface area (Å²) in [6, 6.07) is 5.46. The van der Waals surface area contributed by atoms with Gasteiger partial charge in [-0.1, -0.05) is 42.6 Å². The van der Waals surface area contributed by atoms with Crippen LogP contribution in [-0.2, 0) is 0 Å². The van der Waals surface area contributed by atoms with E-state index in [1.807, 2.05) is 6.07 Å². The van der Waals surface area contributed by atoms with E-state index in [0.717, 1.165) is 17.3 Å². The van der Waals surface area contributed by atoms with Crippen LogP contribution in [0.4, 0.5) is 5.69 Å². The minimum atomic E-state index is -0.899. The zero-order valence-electron chi connectivity index (χ0n) is 11.7. The van der Waals surface area contributed by atoms with E-state index in [2.05, 4.69) is 42.0 Å². The van der Waals surface area contributed by atoms with E-state index in [1.54, 1.807) is 12.1 Å². The Bertz CT molecular complexity index is 432. The standard InChI is InChI=1S/C15H22BrNO2/c1-10(2)5-4-6-11(3)17-14-9-12(16)7-8-13(14)15(18)19/h7-11,17H,4-6H2,1-3H3,(H,18,19). The molecule has 0 heterocycles. The van der Waals surface area contributed by atoms with E-state index < -0.39 is 5.97 Å². The Kier molecular flexibility index (Phi) is 6.35. The lowest BCUT2D eigenvalue weighted by Gasteiger charge is -2.17. The molecule has 2 N–H and O–H groups in total. The monoisotopic (exact) mass is 327 g/mol. The summed E-state index contributed by atoms with van der Waals surface area (Å²) in [6.45, 7) is 6.52. The molecule has 0 saturated heterocycles. The second-order valence-electron chi connectivity index (χ2n) is 5.37. The molecule has 1 aromatic rings. The van der Waals surface area contributed by atoms with Crippen LogP contribution in [0.25, 0.3) is 0 Å². The molecule has 19 heavy (non-hydrogen) atoms. The smallest absolute Gasteiger partial charge is 0.337 e. The lowest BCUT2D eigenvalue weighted by Crippen LogP contribution is -2.17. The normalized spacial score (nSPS) is 12.5. The van der Waals surface area contributed by atoms with Crippen molar-refractivity contribution in [1.29, 1.82) is 0 Å². The Labute approximate surface area is 123 Å². The van der Waals surface area contributed by atoms with Gasteiger partial charge in [0.25, 0.3) is 0 Å². The van der Waals surface area contributed by atoms with Crippen molar-refractivity contribution < 1.29 is 9.90 Å². The molecule has 4 heteroatoms. The number of aromatic carboxylic acids is 1. The third-order valence-electron chi connectivity index (χ3n) is 3.03. The molecule has 1 aromatic carbocycles. The number of halogens is 1. The minimum absolute atomic E-state index is 0.270. The highest BCUT2D eigenvalue weighted by molar-refractivity contribution is 9.10. The fourth-order valence-corrected chi connectivity index (χ4v) is 2.35. The molecule has 0 aliphatic carbocycles. The van der Waals surface area contributed by atoms with Gasteiger partial charge in [-0.3, -0.25) is 0 Å². The topological polar surface area (TPSA) is 49.3 Å². The van der Waals surface area contributed by atoms with Crippen molar-refractivity contribution in [3.63, 3.8) is 0 Å². The number of hydrogen-bond acceptors (Lipinski definition) is 2. The van der Waals surface area contributed by atoms with E-state index in [9.17, 15) is 4.79 Å². The molecule has 3 nitrogen and oxygen atoms in total. The first-order valence-corrected chi connectivity index (χ1v) is 7.48. The zero-order valence-corrected chi connectivity index (χ0v) is 13.3. The van der Waals surface area contributed by atoms with Crippen LogP contribution in [0, 0.1) is 5.92 Å². The van der Waals surface area contributed by atoms with Crippen LogP contribution in [0.5, 0.6) is 0 Å². The molecule has 0 fully saturated rings. The summed E-state index contributed by atoms with van der Waals surface area (Å²) in [5.41, 5.74) is 0.998. The third-order valence-corrected chi connectivity index (χ3v) is 3.53. The maximum absolute atomic E-state index is 11.2. The summed E-state index contributed by atoms with van der Waals surface area (Å²) in [7, 11) is 0. The highest BCUT2D eigenvalue weighted by atomic mass is 79.9. The average Bonchev–Trinajstić information content (AvgIpc) is 2.27. The molecule has 0 bridgehead atoms. The molecular weight excluding hydrogens is 306 g/mol. The van der Waals surface area contributed by atoms with Crippen LogP contribution in [0.3, 0.4) is 0 Å². The van der Waals surface area contributed by atoms with Gasteiger partial charge >= 0.3 is 5.97 Å². The predicted octanol–water partition coefficient (Wildman–Crippen LogP) is 4.77. The Balaban J connectivity index is 2.65. The number of rotatable bonds is 7. The lowest BCUT2D eigenvalue weighted by molar-refractivity contribution is 0.0698. The molecule has 0 aromatic heterocycles. The van der Waals surface area contributed by atoms with Crippen molar-refractivity contribution in [3.05, 3.63) is 28.2 Å². The van der Waals surface area contributed by atoms with E-state index >= 15 is 0 Å². The first-order valence-electron chi connectivity index (χ1n) is 6.69. The summed E-state index contributed by atoms with van der Waals surface area (Å²) in [5, 5.41) is 12.5. The fraction of sp³-hybridized carbons (Fsp3) is 0.533. The number of carbonyl (C=O) groups is 1. The zero-order chi connectivity index (χ0) is 14.4. The first-order chi connectivity index (χ1) is 8.90.